The lowest BCUT2D eigenvalue weighted by atomic mass is 10.1. The summed E-state index contributed by atoms with van der Waals surface area (Å²) in [6.07, 6.45) is 0.342. The van der Waals surface area contributed by atoms with Crippen LogP contribution in [0.4, 0.5) is 0 Å². The number of ether oxygens (including phenoxy) is 2. The van der Waals surface area contributed by atoms with Crippen LogP contribution in [0, 0.1) is 0 Å². The van der Waals surface area contributed by atoms with E-state index in [2.05, 4.69) is 5.32 Å². The van der Waals surface area contributed by atoms with Crippen molar-refractivity contribution in [3.63, 3.8) is 0 Å². The highest BCUT2D eigenvalue weighted by Crippen LogP contribution is 2.13. The smallest absolute Gasteiger partial charge is 0.224 e. The van der Waals surface area contributed by atoms with E-state index in [1.54, 1.807) is 0 Å². The summed E-state index contributed by atoms with van der Waals surface area (Å²) in [7, 11) is 0. The SMILES string of the molecule is CCOc1ccc(CC(=O)NC(C)(C)COCc2ccccc2)cc1. The average Bonchev–Trinajstić information content (AvgIpc) is 2.57. The molecule has 0 aromatic heterocycles. The molecular weight excluding hydrogens is 314 g/mol. The molecule has 2 aromatic carbocycles. The van der Waals surface area contributed by atoms with Crippen molar-refractivity contribution in [3.05, 3.63) is 65.7 Å². The van der Waals surface area contributed by atoms with E-state index < -0.39 is 5.54 Å². The molecule has 4 nitrogen and oxygen atoms in total. The molecule has 0 saturated heterocycles. The Bertz CT molecular complexity index is 651. The molecule has 0 fully saturated rings. The van der Waals surface area contributed by atoms with Crippen LogP contribution in [-0.4, -0.2) is 24.7 Å². The van der Waals surface area contributed by atoms with Gasteiger partial charge in [-0.1, -0.05) is 42.5 Å². The van der Waals surface area contributed by atoms with Crippen LogP contribution < -0.4 is 10.1 Å². The highest BCUT2D eigenvalue weighted by molar-refractivity contribution is 5.79. The Labute approximate surface area is 150 Å². The molecule has 0 aliphatic heterocycles. The van der Waals surface area contributed by atoms with Crippen molar-refractivity contribution in [2.45, 2.75) is 39.3 Å². The van der Waals surface area contributed by atoms with Gasteiger partial charge in [0.1, 0.15) is 5.75 Å². The lowest BCUT2D eigenvalue weighted by molar-refractivity contribution is -0.122. The minimum absolute atomic E-state index is 0.0162. The second kappa shape index (κ2) is 9.23. The highest BCUT2D eigenvalue weighted by atomic mass is 16.5. The van der Waals surface area contributed by atoms with E-state index in [1.807, 2.05) is 75.4 Å². The molecule has 4 heteroatoms. The van der Waals surface area contributed by atoms with Gasteiger partial charge in [-0.05, 0) is 44.0 Å². The number of rotatable bonds is 9. The van der Waals surface area contributed by atoms with E-state index in [9.17, 15) is 4.79 Å². The van der Waals surface area contributed by atoms with Gasteiger partial charge in [0.25, 0.3) is 0 Å². The van der Waals surface area contributed by atoms with E-state index in [0.717, 1.165) is 16.9 Å². The minimum Gasteiger partial charge on any atom is -0.494 e. The summed E-state index contributed by atoms with van der Waals surface area (Å²) in [4.78, 5) is 12.3. The predicted octanol–water partition coefficient (Wildman–Crippen LogP) is 3.74. The van der Waals surface area contributed by atoms with Gasteiger partial charge < -0.3 is 14.8 Å². The van der Waals surface area contributed by atoms with E-state index in [1.165, 1.54) is 0 Å². The van der Waals surface area contributed by atoms with Crippen LogP contribution in [-0.2, 0) is 22.6 Å². The lowest BCUT2D eigenvalue weighted by Gasteiger charge is -2.26. The van der Waals surface area contributed by atoms with E-state index in [-0.39, 0.29) is 5.91 Å². The van der Waals surface area contributed by atoms with Crippen molar-refractivity contribution in [2.24, 2.45) is 0 Å². The lowest BCUT2D eigenvalue weighted by Crippen LogP contribution is -2.47. The number of benzene rings is 2. The van der Waals surface area contributed by atoms with Crippen LogP contribution >= 0.6 is 0 Å². The molecule has 1 amide bonds. The zero-order valence-corrected chi connectivity index (χ0v) is 15.2. The van der Waals surface area contributed by atoms with E-state index in [0.29, 0.717) is 26.2 Å². The zero-order valence-electron chi connectivity index (χ0n) is 15.2. The first-order valence-electron chi connectivity index (χ1n) is 8.63. The van der Waals surface area contributed by atoms with Gasteiger partial charge in [-0.3, -0.25) is 4.79 Å². The Hall–Kier alpha value is -2.33. The van der Waals surface area contributed by atoms with Gasteiger partial charge in [-0.15, -0.1) is 0 Å². The van der Waals surface area contributed by atoms with E-state index >= 15 is 0 Å². The Morgan fingerprint density at radius 2 is 1.68 bits per heavy atom. The molecule has 134 valence electrons. The maximum Gasteiger partial charge on any atom is 0.224 e. The molecule has 0 radical (unpaired) electrons. The number of nitrogens with one attached hydrogen (secondary N) is 1. The molecule has 0 unspecified atom stereocenters. The highest BCUT2D eigenvalue weighted by Gasteiger charge is 2.20. The summed E-state index contributed by atoms with van der Waals surface area (Å²) < 4.78 is 11.2. The predicted molar refractivity (Wildman–Crippen MR) is 99.6 cm³/mol. The average molecular weight is 341 g/mol. The van der Waals surface area contributed by atoms with Crippen molar-refractivity contribution in [2.75, 3.05) is 13.2 Å². The molecule has 0 spiro atoms. The topological polar surface area (TPSA) is 47.6 Å². The monoisotopic (exact) mass is 341 g/mol. The first-order valence-corrected chi connectivity index (χ1v) is 8.63. The molecule has 0 heterocycles. The molecule has 0 aliphatic carbocycles. The Kier molecular flexibility index (Phi) is 7.02. The maximum absolute atomic E-state index is 12.3. The first kappa shape index (κ1) is 19.0. The quantitative estimate of drug-likeness (QED) is 0.756. The van der Waals surface area contributed by atoms with Crippen LogP contribution in [0.15, 0.2) is 54.6 Å². The molecule has 0 atom stereocenters. The molecule has 1 N–H and O–H groups in total. The van der Waals surface area contributed by atoms with Crippen LogP contribution in [0.1, 0.15) is 31.9 Å². The Morgan fingerprint density at radius 3 is 2.32 bits per heavy atom. The van der Waals surface area contributed by atoms with Gasteiger partial charge in [0, 0.05) is 0 Å². The molecule has 0 bridgehead atoms. The summed E-state index contributed by atoms with van der Waals surface area (Å²) in [5.41, 5.74) is 1.66. The summed E-state index contributed by atoms with van der Waals surface area (Å²) in [6.45, 7) is 7.51. The van der Waals surface area contributed by atoms with Crippen LogP contribution in [0.2, 0.25) is 0 Å². The number of hydrogen-bond acceptors (Lipinski definition) is 3. The number of carbonyl (C=O) groups excluding carboxylic acids is 1. The fourth-order valence-corrected chi connectivity index (χ4v) is 2.51. The second-order valence-corrected chi connectivity index (χ2v) is 6.66. The summed E-state index contributed by atoms with van der Waals surface area (Å²) in [6, 6.07) is 17.6. The molecule has 25 heavy (non-hydrogen) atoms. The Balaban J connectivity index is 1.77. The molecule has 2 rings (SSSR count). The van der Waals surface area contributed by atoms with Gasteiger partial charge in [0.2, 0.25) is 5.91 Å². The third kappa shape index (κ3) is 6.98. The largest absolute Gasteiger partial charge is 0.494 e. The fraction of sp³-hybridized carbons (Fsp3) is 0.381. The second-order valence-electron chi connectivity index (χ2n) is 6.66. The summed E-state index contributed by atoms with van der Waals surface area (Å²) in [5, 5.41) is 3.04. The molecule has 2 aromatic rings. The van der Waals surface area contributed by atoms with E-state index in [4.69, 9.17) is 9.47 Å². The minimum atomic E-state index is -0.420. The van der Waals surface area contributed by atoms with Crippen LogP contribution in [0.5, 0.6) is 5.75 Å². The summed E-state index contributed by atoms with van der Waals surface area (Å²) in [5.74, 6) is 0.804. The van der Waals surface area contributed by atoms with Gasteiger partial charge >= 0.3 is 0 Å². The molecular formula is C21H27NO3. The number of carbonyl (C=O) groups is 1. The third-order valence-electron chi connectivity index (χ3n) is 3.65. The van der Waals surface area contributed by atoms with Crippen molar-refractivity contribution >= 4 is 5.91 Å². The number of amides is 1. The van der Waals surface area contributed by atoms with Gasteiger partial charge in [0.05, 0.1) is 31.8 Å². The zero-order chi connectivity index (χ0) is 18.1. The van der Waals surface area contributed by atoms with Crippen molar-refractivity contribution in [3.8, 4) is 5.75 Å². The van der Waals surface area contributed by atoms with Gasteiger partial charge in [-0.2, -0.15) is 0 Å². The third-order valence-corrected chi connectivity index (χ3v) is 3.65. The van der Waals surface area contributed by atoms with Crippen LogP contribution in [0.25, 0.3) is 0 Å². The number of hydrogen-bond donors (Lipinski definition) is 1. The maximum atomic E-state index is 12.3. The van der Waals surface area contributed by atoms with Gasteiger partial charge in [0.15, 0.2) is 0 Å². The summed E-state index contributed by atoms with van der Waals surface area (Å²) >= 11 is 0. The first-order chi connectivity index (χ1) is 12.0. The normalized spacial score (nSPS) is 11.2. The van der Waals surface area contributed by atoms with Crippen LogP contribution in [0.3, 0.4) is 0 Å². The fourth-order valence-electron chi connectivity index (χ4n) is 2.51. The molecule has 0 aliphatic rings. The Morgan fingerprint density at radius 1 is 1.00 bits per heavy atom. The van der Waals surface area contributed by atoms with Gasteiger partial charge in [-0.25, -0.2) is 0 Å². The standard InChI is InChI=1S/C21H27NO3/c1-4-25-19-12-10-17(11-13-19)14-20(23)22-21(2,3)16-24-15-18-8-6-5-7-9-18/h5-13H,4,14-16H2,1-3H3,(H,22,23). The molecule has 0 saturated carbocycles. The van der Waals surface area contributed by atoms with Crippen molar-refractivity contribution in [1.82, 2.24) is 5.32 Å². The van der Waals surface area contributed by atoms with Crippen molar-refractivity contribution < 1.29 is 14.3 Å². The van der Waals surface area contributed by atoms with Crippen molar-refractivity contribution in [1.29, 1.82) is 0 Å².